The lowest BCUT2D eigenvalue weighted by Crippen LogP contribution is -2.10. The maximum Gasteiger partial charge on any atom is 0.164 e. The highest BCUT2D eigenvalue weighted by Gasteiger charge is 2.23. The number of allylic oxidation sites excluding steroid dienone is 4. The number of ketones is 1. The number of hydrogen-bond donors (Lipinski definition) is 0. The van der Waals surface area contributed by atoms with Crippen LogP contribution < -0.4 is 5.32 Å². The topological polar surface area (TPSA) is 31.2 Å². The van der Waals surface area contributed by atoms with Crippen LogP contribution in [0.1, 0.15) is 26.2 Å². The highest BCUT2D eigenvalue weighted by molar-refractivity contribution is 6.00. The van der Waals surface area contributed by atoms with Crippen molar-refractivity contribution in [2.45, 2.75) is 26.2 Å². The van der Waals surface area contributed by atoms with Crippen LogP contribution in [0.25, 0.3) is 0 Å². The predicted molar refractivity (Wildman–Crippen MR) is 41.8 cm³/mol. The Balaban J connectivity index is 2.35. The molecule has 2 nitrogen and oxygen atoms in total. The fourth-order valence-electron chi connectivity index (χ4n) is 1.58. The maximum atomic E-state index is 11.3. The Labute approximate surface area is 66.0 Å². The summed E-state index contributed by atoms with van der Waals surface area (Å²) in [7, 11) is 0. The zero-order valence-electron chi connectivity index (χ0n) is 6.55. The molecule has 1 radical (unpaired) electrons. The molecule has 0 aromatic carbocycles. The summed E-state index contributed by atoms with van der Waals surface area (Å²) in [6.07, 6.45) is 4.56. The SMILES string of the molecule is CC1=CC2=C(CCCC2=O)[N]1. The standard InChI is InChI=1S/C9H10NO/c1-6-5-7-8(10-6)3-2-4-9(7)11/h5H,2-4H2,1H3. The van der Waals surface area contributed by atoms with E-state index in [1.54, 1.807) is 0 Å². The second-order valence-electron chi connectivity index (χ2n) is 3.03. The van der Waals surface area contributed by atoms with E-state index in [9.17, 15) is 4.79 Å². The second-order valence-corrected chi connectivity index (χ2v) is 3.03. The third kappa shape index (κ3) is 0.985. The summed E-state index contributed by atoms with van der Waals surface area (Å²) in [6, 6.07) is 0. The van der Waals surface area contributed by atoms with Crippen LogP contribution >= 0.6 is 0 Å². The first kappa shape index (κ1) is 6.65. The molecule has 0 saturated heterocycles. The van der Waals surface area contributed by atoms with Gasteiger partial charge < -0.3 is 0 Å². The Morgan fingerprint density at radius 1 is 1.45 bits per heavy atom. The van der Waals surface area contributed by atoms with Crippen molar-refractivity contribution >= 4 is 5.78 Å². The van der Waals surface area contributed by atoms with E-state index in [0.29, 0.717) is 6.42 Å². The monoisotopic (exact) mass is 148 g/mol. The zero-order chi connectivity index (χ0) is 7.84. The minimum atomic E-state index is 0.270. The Morgan fingerprint density at radius 3 is 3.00 bits per heavy atom. The van der Waals surface area contributed by atoms with E-state index in [0.717, 1.165) is 29.8 Å². The average Bonchev–Trinajstić information content (AvgIpc) is 2.31. The van der Waals surface area contributed by atoms with Gasteiger partial charge in [0.05, 0.1) is 5.70 Å². The Bertz CT molecular complexity index is 273. The largest absolute Gasteiger partial charge is 0.294 e. The van der Waals surface area contributed by atoms with Gasteiger partial charge in [0.15, 0.2) is 5.78 Å². The van der Waals surface area contributed by atoms with Crippen LogP contribution in [0.3, 0.4) is 0 Å². The molecule has 0 spiro atoms. The number of rotatable bonds is 0. The number of nitrogens with zero attached hydrogens (tertiary/aromatic N) is 1. The lowest BCUT2D eigenvalue weighted by molar-refractivity contribution is -0.115. The fourth-order valence-corrected chi connectivity index (χ4v) is 1.58. The van der Waals surface area contributed by atoms with Crippen LogP contribution in [0.15, 0.2) is 23.0 Å². The molecular weight excluding hydrogens is 138 g/mol. The molecule has 2 rings (SSSR count). The van der Waals surface area contributed by atoms with Gasteiger partial charge in [0.1, 0.15) is 0 Å². The molecule has 0 aromatic heterocycles. The molecule has 0 saturated carbocycles. The highest BCUT2D eigenvalue weighted by Crippen LogP contribution is 2.27. The summed E-state index contributed by atoms with van der Waals surface area (Å²) in [5.74, 6) is 0.270. The number of hydrogen-bond acceptors (Lipinski definition) is 1. The fraction of sp³-hybridized carbons (Fsp3) is 0.444. The second kappa shape index (κ2) is 2.22. The van der Waals surface area contributed by atoms with Gasteiger partial charge in [0.25, 0.3) is 0 Å². The molecule has 11 heavy (non-hydrogen) atoms. The number of Topliss-reactive ketones (excluding diaryl/α,β-unsaturated/α-hetero) is 1. The first-order valence-corrected chi connectivity index (χ1v) is 3.94. The van der Waals surface area contributed by atoms with Crippen molar-refractivity contribution in [3.63, 3.8) is 0 Å². The van der Waals surface area contributed by atoms with Crippen LogP contribution in [0, 0.1) is 0 Å². The molecule has 0 amide bonds. The first-order chi connectivity index (χ1) is 5.27. The molecule has 1 heterocycles. The third-order valence-corrected chi connectivity index (χ3v) is 2.09. The molecule has 0 aromatic rings. The zero-order valence-corrected chi connectivity index (χ0v) is 6.55. The summed E-state index contributed by atoms with van der Waals surface area (Å²) < 4.78 is 0. The van der Waals surface area contributed by atoms with Crippen LogP contribution in [-0.4, -0.2) is 5.78 Å². The minimum absolute atomic E-state index is 0.270. The van der Waals surface area contributed by atoms with Gasteiger partial charge >= 0.3 is 0 Å². The molecule has 1 aliphatic heterocycles. The van der Waals surface area contributed by atoms with E-state index in [2.05, 4.69) is 5.32 Å². The van der Waals surface area contributed by atoms with E-state index in [4.69, 9.17) is 0 Å². The molecule has 2 heteroatoms. The van der Waals surface area contributed by atoms with Gasteiger partial charge in [-0.1, -0.05) is 0 Å². The summed E-state index contributed by atoms with van der Waals surface area (Å²) in [5.41, 5.74) is 2.86. The smallest absolute Gasteiger partial charge is 0.164 e. The summed E-state index contributed by atoms with van der Waals surface area (Å²) >= 11 is 0. The van der Waals surface area contributed by atoms with Crippen LogP contribution in [-0.2, 0) is 4.79 Å². The van der Waals surface area contributed by atoms with Crippen LogP contribution in [0.2, 0.25) is 0 Å². The van der Waals surface area contributed by atoms with Crippen molar-refractivity contribution in [3.05, 3.63) is 23.0 Å². The molecule has 0 unspecified atom stereocenters. The molecule has 0 bridgehead atoms. The average molecular weight is 148 g/mol. The maximum absolute atomic E-state index is 11.3. The van der Waals surface area contributed by atoms with Crippen LogP contribution in [0.4, 0.5) is 0 Å². The molecule has 0 atom stereocenters. The van der Waals surface area contributed by atoms with Crippen LogP contribution in [0.5, 0.6) is 0 Å². The van der Waals surface area contributed by atoms with Gasteiger partial charge in [-0.05, 0) is 25.8 Å². The summed E-state index contributed by atoms with van der Waals surface area (Å²) in [4.78, 5) is 11.3. The number of carbonyl (C=O) groups is 1. The predicted octanol–water partition coefficient (Wildman–Crippen LogP) is 1.52. The van der Waals surface area contributed by atoms with Crippen molar-refractivity contribution in [1.29, 1.82) is 0 Å². The van der Waals surface area contributed by atoms with E-state index >= 15 is 0 Å². The van der Waals surface area contributed by atoms with Crippen molar-refractivity contribution in [1.82, 2.24) is 5.32 Å². The summed E-state index contributed by atoms with van der Waals surface area (Å²) in [6.45, 7) is 1.94. The minimum Gasteiger partial charge on any atom is -0.294 e. The van der Waals surface area contributed by atoms with Crippen molar-refractivity contribution in [2.24, 2.45) is 0 Å². The van der Waals surface area contributed by atoms with Gasteiger partial charge in [-0.2, -0.15) is 0 Å². The van der Waals surface area contributed by atoms with Gasteiger partial charge in [-0.25, -0.2) is 0 Å². The van der Waals surface area contributed by atoms with E-state index in [1.165, 1.54) is 0 Å². The van der Waals surface area contributed by atoms with Gasteiger partial charge in [0.2, 0.25) is 0 Å². The van der Waals surface area contributed by atoms with Gasteiger partial charge in [0, 0.05) is 17.7 Å². The highest BCUT2D eigenvalue weighted by atomic mass is 16.1. The van der Waals surface area contributed by atoms with E-state index in [1.807, 2.05) is 13.0 Å². The molecule has 2 aliphatic rings. The Morgan fingerprint density at radius 2 is 2.27 bits per heavy atom. The lowest BCUT2D eigenvalue weighted by atomic mass is 9.96. The Kier molecular flexibility index (Phi) is 1.34. The molecule has 0 fully saturated rings. The molecule has 0 N–H and O–H groups in total. The van der Waals surface area contributed by atoms with Crippen molar-refractivity contribution < 1.29 is 4.79 Å². The molecule has 1 aliphatic carbocycles. The van der Waals surface area contributed by atoms with Crippen molar-refractivity contribution in [3.8, 4) is 0 Å². The normalized spacial score (nSPS) is 23.0. The summed E-state index contributed by atoms with van der Waals surface area (Å²) in [5, 5.41) is 4.28. The van der Waals surface area contributed by atoms with Gasteiger partial charge in [-0.3, -0.25) is 10.1 Å². The van der Waals surface area contributed by atoms with Gasteiger partial charge in [-0.15, -0.1) is 0 Å². The first-order valence-electron chi connectivity index (χ1n) is 3.94. The molecular formula is C9H10NO. The lowest BCUT2D eigenvalue weighted by Gasteiger charge is -2.10. The Hall–Kier alpha value is -1.05. The van der Waals surface area contributed by atoms with E-state index in [-0.39, 0.29) is 5.78 Å². The quantitative estimate of drug-likeness (QED) is 0.512. The third-order valence-electron chi connectivity index (χ3n) is 2.09. The molecule has 57 valence electrons. The number of carbonyl (C=O) groups excluding carboxylic acids is 1. The van der Waals surface area contributed by atoms with E-state index < -0.39 is 0 Å². The van der Waals surface area contributed by atoms with Crippen molar-refractivity contribution in [2.75, 3.05) is 0 Å².